The number of phosphoric ester groups is 2. The molecule has 0 aliphatic carbocycles. The van der Waals surface area contributed by atoms with Crippen LogP contribution in [0.1, 0.15) is 13.2 Å². The molecule has 1 aromatic rings. The van der Waals surface area contributed by atoms with Gasteiger partial charge in [-0.3, -0.25) is 18.2 Å². The number of phosphoric acid groups is 2. The van der Waals surface area contributed by atoms with E-state index in [0.29, 0.717) is 0 Å². The summed E-state index contributed by atoms with van der Waals surface area (Å²) in [5.74, 6) is -0.101. The number of nitrogens with two attached hydrogens (primary N) is 1. The fourth-order valence-corrected chi connectivity index (χ4v) is 4.97. The fraction of sp³-hybridized carbons (Fsp3) is 0.733. The smallest absolute Gasteiger partial charge is 0.481 e. The zero-order chi connectivity index (χ0) is 25.9. The Morgan fingerprint density at radius 3 is 2.56 bits per heavy atom. The van der Waals surface area contributed by atoms with E-state index in [4.69, 9.17) is 15.6 Å². The van der Waals surface area contributed by atoms with Crippen LogP contribution in [0.25, 0.3) is 0 Å². The average molecular weight is 534 g/mol. The van der Waals surface area contributed by atoms with E-state index < -0.39 is 77.4 Å². The lowest BCUT2D eigenvalue weighted by Gasteiger charge is -2.30. The third-order valence-electron chi connectivity index (χ3n) is 4.71. The molecule has 8 atom stereocenters. The van der Waals surface area contributed by atoms with Gasteiger partial charge in [0.15, 0.2) is 6.23 Å². The number of aliphatic hydroxyl groups is 5. The van der Waals surface area contributed by atoms with Crippen molar-refractivity contribution < 1.29 is 62.2 Å². The highest BCUT2D eigenvalue weighted by molar-refractivity contribution is 7.61. The number of aromatic nitrogens is 2. The van der Waals surface area contributed by atoms with Gasteiger partial charge in [-0.2, -0.15) is 4.98 Å². The molecule has 0 spiro atoms. The normalized spacial score (nSPS) is 29.2. The van der Waals surface area contributed by atoms with E-state index in [1.165, 1.54) is 6.07 Å². The SMILES string of the molecule is COP(=O)(OC[C@@H](O)[C@@](C)(O)CO)OP(=O)([O-])OC[C@H]1O[C@@H](n2ccc(N)nc2=O)C(O)C1O. The fourth-order valence-electron chi connectivity index (χ4n) is 2.58. The molecule has 2 rings (SSSR count). The molecule has 0 aromatic carbocycles. The molecule has 0 bridgehead atoms. The molecule has 0 radical (unpaired) electrons. The summed E-state index contributed by atoms with van der Waals surface area (Å²) in [5.41, 5.74) is 2.41. The van der Waals surface area contributed by atoms with E-state index in [0.717, 1.165) is 24.8 Å². The number of hydrogen-bond acceptors (Lipinski definition) is 16. The van der Waals surface area contributed by atoms with E-state index >= 15 is 0 Å². The van der Waals surface area contributed by atoms with E-state index in [1.54, 1.807) is 0 Å². The highest BCUT2D eigenvalue weighted by atomic mass is 31.3. The van der Waals surface area contributed by atoms with Gasteiger partial charge in [0.1, 0.15) is 35.8 Å². The Morgan fingerprint density at radius 1 is 1.35 bits per heavy atom. The molecule has 1 aliphatic heterocycles. The number of anilines is 1. The first-order valence-corrected chi connectivity index (χ1v) is 12.4. The van der Waals surface area contributed by atoms with Gasteiger partial charge in [0.2, 0.25) is 0 Å². The summed E-state index contributed by atoms with van der Waals surface area (Å²) in [5, 5.41) is 48.7. The second kappa shape index (κ2) is 11.2. The molecular weight excluding hydrogens is 508 g/mol. The van der Waals surface area contributed by atoms with Gasteiger partial charge in [0.25, 0.3) is 7.82 Å². The predicted molar refractivity (Wildman–Crippen MR) is 108 cm³/mol. The van der Waals surface area contributed by atoms with Crippen LogP contribution < -0.4 is 16.3 Å². The van der Waals surface area contributed by atoms with Crippen molar-refractivity contribution in [3.8, 4) is 0 Å². The third-order valence-corrected chi connectivity index (χ3v) is 7.69. The Bertz CT molecular complexity index is 989. The van der Waals surface area contributed by atoms with Crippen molar-refractivity contribution in [2.45, 2.75) is 43.2 Å². The molecule has 7 N–H and O–H groups in total. The standard InChI is InChI=1S/C15H27N3O14P2/c1-15(24,7-19)9(20)6-30-34(27,28-2)32-33(25,26)29-5-8-11(21)12(22)13(31-8)18-4-3-10(16)17-14(18)23/h3-4,8-9,11-13,19-22,24H,5-7H2,1-2H3,(H,25,26)(H2,16,17,23)/p-1/t8-,9-,11?,12?,13-,15+,34?/m1/s1. The summed E-state index contributed by atoms with van der Waals surface area (Å²) < 4.78 is 48.5. The maximum atomic E-state index is 12.4. The van der Waals surface area contributed by atoms with Gasteiger partial charge in [0, 0.05) is 13.3 Å². The number of nitrogens with zero attached hydrogens (tertiary/aromatic N) is 2. The minimum absolute atomic E-state index is 0.101. The van der Waals surface area contributed by atoms with Gasteiger partial charge in [0.05, 0.1) is 19.8 Å². The molecule has 17 nitrogen and oxygen atoms in total. The summed E-state index contributed by atoms with van der Waals surface area (Å²) in [4.78, 5) is 27.5. The summed E-state index contributed by atoms with van der Waals surface area (Å²) in [6.45, 7) is -1.77. The van der Waals surface area contributed by atoms with Crippen molar-refractivity contribution in [3.05, 3.63) is 22.7 Å². The van der Waals surface area contributed by atoms with Gasteiger partial charge in [-0.1, -0.05) is 0 Å². The highest BCUT2D eigenvalue weighted by Crippen LogP contribution is 2.61. The summed E-state index contributed by atoms with van der Waals surface area (Å²) in [6.07, 6.45) is -6.99. The molecule has 34 heavy (non-hydrogen) atoms. The number of rotatable bonds is 12. The number of hydrogen-bond donors (Lipinski definition) is 6. The second-order valence-corrected chi connectivity index (χ2v) is 10.7. The monoisotopic (exact) mass is 534 g/mol. The number of aliphatic hydroxyl groups excluding tert-OH is 4. The maximum Gasteiger partial charge on any atom is 0.481 e. The van der Waals surface area contributed by atoms with Gasteiger partial charge in [-0.25, -0.2) is 13.7 Å². The van der Waals surface area contributed by atoms with Crippen LogP contribution in [-0.4, -0.2) is 92.0 Å². The third kappa shape index (κ3) is 7.11. The van der Waals surface area contributed by atoms with Crippen LogP contribution in [0.15, 0.2) is 17.1 Å². The van der Waals surface area contributed by atoms with Crippen LogP contribution in [-0.2, 0) is 31.7 Å². The predicted octanol–water partition coefficient (Wildman–Crippen LogP) is -3.18. The van der Waals surface area contributed by atoms with Crippen LogP contribution in [0.2, 0.25) is 0 Å². The Labute approximate surface area is 192 Å². The molecule has 1 fully saturated rings. The average Bonchev–Trinajstić information content (AvgIpc) is 3.04. The van der Waals surface area contributed by atoms with Crippen molar-refractivity contribution in [3.63, 3.8) is 0 Å². The van der Waals surface area contributed by atoms with Crippen molar-refractivity contribution in [1.82, 2.24) is 9.55 Å². The van der Waals surface area contributed by atoms with Crippen molar-refractivity contribution in [2.24, 2.45) is 0 Å². The minimum atomic E-state index is -5.47. The minimum Gasteiger partial charge on any atom is -0.756 e. The van der Waals surface area contributed by atoms with Gasteiger partial charge in [-0.05, 0) is 13.0 Å². The Balaban J connectivity index is 2.01. The molecule has 2 heterocycles. The topological polar surface area (TPSA) is 265 Å². The highest BCUT2D eigenvalue weighted by Gasteiger charge is 2.45. The Morgan fingerprint density at radius 2 is 2.00 bits per heavy atom. The molecule has 1 aliphatic rings. The first kappa shape index (κ1) is 28.9. The summed E-state index contributed by atoms with van der Waals surface area (Å²) >= 11 is 0. The quantitative estimate of drug-likeness (QED) is 0.144. The van der Waals surface area contributed by atoms with Crippen molar-refractivity contribution in [1.29, 1.82) is 0 Å². The van der Waals surface area contributed by atoms with Gasteiger partial charge >= 0.3 is 13.5 Å². The van der Waals surface area contributed by atoms with Crippen LogP contribution in [0.3, 0.4) is 0 Å². The summed E-state index contributed by atoms with van der Waals surface area (Å²) in [6, 6.07) is 1.23. The van der Waals surface area contributed by atoms with Crippen LogP contribution in [0.4, 0.5) is 5.82 Å². The van der Waals surface area contributed by atoms with Crippen molar-refractivity contribution >= 4 is 21.5 Å². The molecule has 0 saturated carbocycles. The summed E-state index contributed by atoms with van der Waals surface area (Å²) in [7, 11) is -9.59. The molecule has 19 heteroatoms. The van der Waals surface area contributed by atoms with Crippen LogP contribution >= 0.6 is 15.6 Å². The molecule has 4 unspecified atom stereocenters. The van der Waals surface area contributed by atoms with E-state index in [9.17, 15) is 39.2 Å². The zero-order valence-corrected chi connectivity index (χ0v) is 19.7. The van der Waals surface area contributed by atoms with E-state index in [1.807, 2.05) is 0 Å². The van der Waals surface area contributed by atoms with E-state index in [2.05, 4.69) is 22.9 Å². The Kier molecular flexibility index (Phi) is 9.51. The second-order valence-electron chi connectivity index (χ2n) is 7.37. The maximum absolute atomic E-state index is 12.4. The number of nitrogen functional groups attached to an aromatic ring is 1. The van der Waals surface area contributed by atoms with E-state index in [-0.39, 0.29) is 5.82 Å². The first-order chi connectivity index (χ1) is 15.6. The molecular formula is C15H26N3O14P2-. The van der Waals surface area contributed by atoms with Crippen molar-refractivity contribution in [2.75, 3.05) is 32.7 Å². The van der Waals surface area contributed by atoms with Crippen LogP contribution in [0.5, 0.6) is 0 Å². The first-order valence-electron chi connectivity index (χ1n) is 9.49. The zero-order valence-electron chi connectivity index (χ0n) is 17.9. The lowest BCUT2D eigenvalue weighted by molar-refractivity contribution is -0.221. The molecule has 196 valence electrons. The van der Waals surface area contributed by atoms with Gasteiger partial charge < -0.3 is 45.4 Å². The lowest BCUT2D eigenvalue weighted by Crippen LogP contribution is -2.45. The molecule has 1 aromatic heterocycles. The Hall–Kier alpha value is -1.30. The van der Waals surface area contributed by atoms with Crippen LogP contribution in [0, 0.1) is 0 Å². The lowest BCUT2D eigenvalue weighted by atomic mass is 10.0. The number of ether oxygens (including phenoxy) is 1. The molecule has 1 saturated heterocycles. The largest absolute Gasteiger partial charge is 0.756 e. The van der Waals surface area contributed by atoms with Gasteiger partial charge in [-0.15, -0.1) is 0 Å². The molecule has 0 amide bonds.